The van der Waals surface area contributed by atoms with Crippen molar-refractivity contribution < 1.29 is 30.8 Å². The molecule has 0 amide bonds. The van der Waals surface area contributed by atoms with Gasteiger partial charge in [0.05, 0.1) is 0 Å². The van der Waals surface area contributed by atoms with Crippen LogP contribution in [0.1, 0.15) is 93.9 Å². The van der Waals surface area contributed by atoms with Crippen LogP contribution < -0.4 is 0 Å². The van der Waals surface area contributed by atoms with Crippen molar-refractivity contribution in [3.8, 4) is 0 Å². The summed E-state index contributed by atoms with van der Waals surface area (Å²) in [5, 5.41) is 0. The van der Waals surface area contributed by atoms with Gasteiger partial charge in [-0.05, 0) is 52.4 Å². The Hall–Kier alpha value is 0.344. The van der Waals surface area contributed by atoms with E-state index in [-0.39, 0.29) is 0 Å². The highest BCUT2D eigenvalue weighted by molar-refractivity contribution is 7.89. The molecule has 10 heteroatoms. The Kier molecular flexibility index (Phi) is 18.8. The fourth-order valence-electron chi connectivity index (χ4n) is 3.01. The zero-order valence-corrected chi connectivity index (χ0v) is 24.7. The Balaban J connectivity index is 6.05. The molecule has 0 N–H and O–H groups in total. The summed E-state index contributed by atoms with van der Waals surface area (Å²) in [6.45, 7) is 19.3. The minimum absolute atomic E-state index is 0.422. The van der Waals surface area contributed by atoms with Crippen LogP contribution in [-0.4, -0.2) is 71.2 Å². The molecule has 194 valence electrons. The van der Waals surface area contributed by atoms with Gasteiger partial charge in [0.25, 0.3) is 0 Å². The lowest BCUT2D eigenvalue weighted by Crippen LogP contribution is -2.63. The normalized spacial score (nSPS) is 15.6. The first kappa shape index (κ1) is 32.3. The average Bonchev–Trinajstić information content (AvgIpc) is 2.82. The highest BCUT2D eigenvalue weighted by Crippen LogP contribution is 2.28. The average molecular weight is 515 g/mol. The van der Waals surface area contributed by atoms with E-state index in [1.807, 2.05) is 13.8 Å². The van der Waals surface area contributed by atoms with Crippen molar-refractivity contribution in [3.05, 3.63) is 0 Å². The summed E-state index contributed by atoms with van der Waals surface area (Å²) in [5.41, 5.74) is 0. The SMILES string of the molecule is CCCO[Si](OCCC)(OCCC)C(C)S(=O)C(C)[Si](OCCC)(OCCC)OCCC. The molecule has 0 bridgehead atoms. The van der Waals surface area contributed by atoms with Crippen molar-refractivity contribution >= 4 is 28.4 Å². The predicted octanol–water partition coefficient (Wildman–Crippen LogP) is 5.03. The topological polar surface area (TPSA) is 72.5 Å². The summed E-state index contributed by atoms with van der Waals surface area (Å²) >= 11 is 0. The van der Waals surface area contributed by atoms with E-state index >= 15 is 0 Å². The molecule has 0 saturated carbocycles. The van der Waals surface area contributed by atoms with E-state index in [1.54, 1.807) is 0 Å². The minimum Gasteiger partial charge on any atom is -0.373 e. The molecule has 0 aromatic heterocycles. The molecule has 0 aromatic rings. The van der Waals surface area contributed by atoms with Crippen molar-refractivity contribution in [2.45, 2.75) is 104 Å². The molecule has 2 atom stereocenters. The first-order valence-corrected chi connectivity index (χ1v) is 17.4. The standard InChI is InChI=1S/C22H50O7SSi2/c1-9-15-24-31(25-16-10-2,26-17-11-3)21(7)30(23)22(8)32(27-18-12-4,28-19-13-5)29-20-14-6/h21-22H,9-20H2,1-8H3. The first-order valence-electron chi connectivity index (χ1n) is 12.6. The van der Waals surface area contributed by atoms with Crippen molar-refractivity contribution in [2.75, 3.05) is 39.6 Å². The number of hydrogen-bond donors (Lipinski definition) is 0. The smallest absolute Gasteiger partial charge is 0.373 e. The van der Waals surface area contributed by atoms with E-state index in [1.165, 1.54) is 0 Å². The summed E-state index contributed by atoms with van der Waals surface area (Å²) in [6.07, 6.45) is 5.04. The molecule has 0 rings (SSSR count). The quantitative estimate of drug-likeness (QED) is 0.188. The lowest BCUT2D eigenvalue weighted by molar-refractivity contribution is 0.0563. The van der Waals surface area contributed by atoms with Crippen LogP contribution in [0.25, 0.3) is 0 Å². The van der Waals surface area contributed by atoms with Gasteiger partial charge in [-0.3, -0.25) is 4.21 Å². The lowest BCUT2D eigenvalue weighted by atomic mass is 10.5. The molecule has 32 heavy (non-hydrogen) atoms. The fourth-order valence-corrected chi connectivity index (χ4v) is 13.6. The van der Waals surface area contributed by atoms with Crippen LogP contribution in [0.2, 0.25) is 0 Å². The summed E-state index contributed by atoms with van der Waals surface area (Å²) < 4.78 is 51.6. The fraction of sp³-hybridized carbons (Fsp3) is 1.00. The zero-order chi connectivity index (χ0) is 24.5. The molecule has 0 spiro atoms. The summed E-state index contributed by atoms with van der Waals surface area (Å²) in [5.74, 6) is 0. The third-order valence-corrected chi connectivity index (χ3v) is 14.9. The molecular formula is C22H50O7SSi2. The second-order valence-electron chi connectivity index (χ2n) is 7.91. The number of hydrogen-bond acceptors (Lipinski definition) is 7. The third kappa shape index (κ3) is 10.3. The van der Waals surface area contributed by atoms with Crippen LogP contribution in [-0.2, 0) is 37.4 Å². The van der Waals surface area contributed by atoms with Crippen molar-refractivity contribution in [1.82, 2.24) is 0 Å². The van der Waals surface area contributed by atoms with Gasteiger partial charge in [0.15, 0.2) is 0 Å². The Morgan fingerprint density at radius 3 is 0.844 bits per heavy atom. The van der Waals surface area contributed by atoms with E-state index in [0.29, 0.717) is 39.6 Å². The van der Waals surface area contributed by atoms with Gasteiger partial charge in [0, 0.05) is 50.4 Å². The van der Waals surface area contributed by atoms with Gasteiger partial charge in [-0.25, -0.2) is 0 Å². The predicted molar refractivity (Wildman–Crippen MR) is 136 cm³/mol. The molecule has 0 aliphatic carbocycles. The van der Waals surface area contributed by atoms with Crippen LogP contribution >= 0.6 is 0 Å². The molecule has 0 fully saturated rings. The lowest BCUT2D eigenvalue weighted by Gasteiger charge is -2.38. The third-order valence-electron chi connectivity index (χ3n) is 4.74. The molecule has 2 unspecified atom stereocenters. The van der Waals surface area contributed by atoms with Crippen molar-refractivity contribution in [2.24, 2.45) is 0 Å². The molecular weight excluding hydrogens is 464 g/mol. The zero-order valence-electron chi connectivity index (χ0n) is 21.9. The molecule has 0 aromatic carbocycles. The van der Waals surface area contributed by atoms with E-state index in [9.17, 15) is 4.21 Å². The number of rotatable bonds is 22. The van der Waals surface area contributed by atoms with Gasteiger partial charge in [0.1, 0.15) is 9.75 Å². The molecule has 0 aliphatic rings. The monoisotopic (exact) mass is 514 g/mol. The van der Waals surface area contributed by atoms with Gasteiger partial charge in [0.2, 0.25) is 0 Å². The van der Waals surface area contributed by atoms with Crippen LogP contribution in [0.15, 0.2) is 0 Å². The Bertz CT molecular complexity index is 402. The molecule has 0 aliphatic heterocycles. The summed E-state index contributed by atoms with van der Waals surface area (Å²) in [4.78, 5) is -0.843. The maximum atomic E-state index is 14.0. The van der Waals surface area contributed by atoms with Gasteiger partial charge < -0.3 is 26.6 Å². The molecule has 7 nitrogen and oxygen atoms in total. The Morgan fingerprint density at radius 1 is 0.500 bits per heavy atom. The van der Waals surface area contributed by atoms with E-state index < -0.39 is 38.2 Å². The van der Waals surface area contributed by atoms with Crippen LogP contribution in [0.5, 0.6) is 0 Å². The summed E-state index contributed by atoms with van der Waals surface area (Å²) in [6, 6.07) is 0. The van der Waals surface area contributed by atoms with Crippen LogP contribution in [0, 0.1) is 0 Å². The Morgan fingerprint density at radius 2 is 0.688 bits per heavy atom. The minimum atomic E-state index is -3.20. The van der Waals surface area contributed by atoms with Gasteiger partial charge in [-0.15, -0.1) is 0 Å². The van der Waals surface area contributed by atoms with E-state index in [4.69, 9.17) is 26.6 Å². The Labute approximate surface area is 202 Å². The van der Waals surface area contributed by atoms with Crippen molar-refractivity contribution in [3.63, 3.8) is 0 Å². The van der Waals surface area contributed by atoms with Crippen LogP contribution in [0.4, 0.5) is 0 Å². The van der Waals surface area contributed by atoms with Gasteiger partial charge in [-0.1, -0.05) is 41.5 Å². The molecule has 0 saturated heterocycles. The van der Waals surface area contributed by atoms with Gasteiger partial charge >= 0.3 is 17.6 Å². The molecule has 0 heterocycles. The largest absolute Gasteiger partial charge is 0.517 e. The van der Waals surface area contributed by atoms with Crippen LogP contribution in [0.3, 0.4) is 0 Å². The molecule has 0 radical (unpaired) electrons. The second kappa shape index (κ2) is 18.6. The maximum Gasteiger partial charge on any atom is 0.517 e. The van der Waals surface area contributed by atoms with E-state index in [0.717, 1.165) is 38.5 Å². The van der Waals surface area contributed by atoms with E-state index in [2.05, 4.69) is 41.5 Å². The van der Waals surface area contributed by atoms with Crippen molar-refractivity contribution in [1.29, 1.82) is 0 Å². The highest BCUT2D eigenvalue weighted by atomic mass is 32.2. The van der Waals surface area contributed by atoms with Gasteiger partial charge in [-0.2, -0.15) is 0 Å². The highest BCUT2D eigenvalue weighted by Gasteiger charge is 2.57. The maximum absolute atomic E-state index is 14.0. The second-order valence-corrected chi connectivity index (χ2v) is 16.7. The first-order chi connectivity index (χ1) is 15.3. The summed E-state index contributed by atoms with van der Waals surface area (Å²) in [7, 11) is -7.81.